The van der Waals surface area contributed by atoms with E-state index in [1.807, 2.05) is 0 Å². The van der Waals surface area contributed by atoms with E-state index in [9.17, 15) is 0 Å². The second-order valence-corrected chi connectivity index (χ2v) is 4.80. The maximum absolute atomic E-state index is 4.53. The number of thiol groups is 1. The van der Waals surface area contributed by atoms with Gasteiger partial charge >= 0.3 is 0 Å². The van der Waals surface area contributed by atoms with Gasteiger partial charge in [-0.25, -0.2) is 4.31 Å². The Morgan fingerprint density at radius 1 is 1.62 bits per heavy atom. The fourth-order valence-corrected chi connectivity index (χ4v) is 2.86. The quantitative estimate of drug-likeness (QED) is 0.540. The van der Waals surface area contributed by atoms with E-state index in [1.165, 1.54) is 18.4 Å². The molecular formula is C11H21NS. The van der Waals surface area contributed by atoms with E-state index in [0.717, 1.165) is 12.5 Å². The predicted molar refractivity (Wildman–Crippen MR) is 61.9 cm³/mol. The summed E-state index contributed by atoms with van der Waals surface area (Å²) in [6.07, 6.45) is 2.50. The van der Waals surface area contributed by atoms with Gasteiger partial charge < -0.3 is 0 Å². The molecule has 0 aliphatic carbocycles. The maximum atomic E-state index is 4.53. The Morgan fingerprint density at radius 2 is 2.23 bits per heavy atom. The second kappa shape index (κ2) is 4.52. The fourth-order valence-electron chi connectivity index (χ4n) is 2.36. The van der Waals surface area contributed by atoms with Gasteiger partial charge in [-0.05, 0) is 25.2 Å². The minimum absolute atomic E-state index is 0.647. The monoisotopic (exact) mass is 199 g/mol. The molecule has 0 amide bonds. The van der Waals surface area contributed by atoms with Crippen molar-refractivity contribution in [3.8, 4) is 0 Å². The largest absolute Gasteiger partial charge is 0.249 e. The standard InChI is InChI=1S/C11H21NS/c1-5-6-11-9(4)10(8(2)3)7-12(11)13/h9-11,13H,2,5-7H2,1,3-4H3. The van der Waals surface area contributed by atoms with E-state index in [2.05, 4.69) is 44.5 Å². The van der Waals surface area contributed by atoms with Crippen LogP contribution in [0.3, 0.4) is 0 Å². The highest BCUT2D eigenvalue weighted by Crippen LogP contribution is 2.36. The summed E-state index contributed by atoms with van der Waals surface area (Å²) < 4.78 is 2.20. The topological polar surface area (TPSA) is 3.24 Å². The van der Waals surface area contributed by atoms with Gasteiger partial charge in [0.15, 0.2) is 0 Å². The molecule has 2 heteroatoms. The van der Waals surface area contributed by atoms with Crippen LogP contribution >= 0.6 is 12.8 Å². The molecule has 0 aromatic rings. The molecule has 76 valence electrons. The van der Waals surface area contributed by atoms with Crippen LogP contribution in [-0.2, 0) is 0 Å². The molecule has 1 saturated heterocycles. The molecule has 0 N–H and O–H groups in total. The summed E-state index contributed by atoms with van der Waals surface area (Å²) in [4.78, 5) is 0. The lowest BCUT2D eigenvalue weighted by Crippen LogP contribution is -2.24. The Labute approximate surface area is 87.7 Å². The number of hydrogen-bond donors (Lipinski definition) is 1. The molecule has 1 heterocycles. The lowest BCUT2D eigenvalue weighted by Gasteiger charge is -2.21. The molecule has 3 unspecified atom stereocenters. The first-order chi connectivity index (χ1) is 6.07. The highest BCUT2D eigenvalue weighted by atomic mass is 32.1. The molecule has 1 rings (SSSR count). The van der Waals surface area contributed by atoms with Crippen LogP contribution in [-0.4, -0.2) is 16.9 Å². The highest BCUT2D eigenvalue weighted by Gasteiger charge is 2.36. The van der Waals surface area contributed by atoms with E-state index in [1.54, 1.807) is 0 Å². The number of nitrogens with zero attached hydrogens (tertiary/aromatic N) is 1. The Hall–Kier alpha value is 0.0500. The van der Waals surface area contributed by atoms with E-state index in [0.29, 0.717) is 12.0 Å². The molecule has 3 atom stereocenters. The third-order valence-electron chi connectivity index (χ3n) is 3.23. The predicted octanol–water partition coefficient (Wildman–Crippen LogP) is 3.14. The molecule has 0 aromatic heterocycles. The Kier molecular flexibility index (Phi) is 3.87. The molecule has 0 bridgehead atoms. The zero-order valence-corrected chi connectivity index (χ0v) is 9.85. The van der Waals surface area contributed by atoms with Crippen molar-refractivity contribution in [3.63, 3.8) is 0 Å². The maximum Gasteiger partial charge on any atom is 0.0232 e. The average Bonchev–Trinajstić information content (AvgIpc) is 2.32. The summed E-state index contributed by atoms with van der Waals surface area (Å²) in [7, 11) is 0. The molecule has 0 spiro atoms. The van der Waals surface area contributed by atoms with Gasteiger partial charge in [-0.15, -0.1) is 0 Å². The summed E-state index contributed by atoms with van der Waals surface area (Å²) in [5.74, 6) is 1.36. The van der Waals surface area contributed by atoms with Crippen molar-refractivity contribution in [1.29, 1.82) is 0 Å². The van der Waals surface area contributed by atoms with Crippen LogP contribution in [0.15, 0.2) is 12.2 Å². The molecule has 1 nitrogen and oxygen atoms in total. The third-order valence-corrected chi connectivity index (χ3v) is 3.69. The zero-order chi connectivity index (χ0) is 10.0. The van der Waals surface area contributed by atoms with Crippen molar-refractivity contribution in [3.05, 3.63) is 12.2 Å². The summed E-state index contributed by atoms with van der Waals surface area (Å²) in [5, 5.41) is 0. The lowest BCUT2D eigenvalue weighted by molar-refractivity contribution is 0.348. The first kappa shape index (κ1) is 11.1. The molecular weight excluding hydrogens is 178 g/mol. The van der Waals surface area contributed by atoms with Gasteiger partial charge in [0.25, 0.3) is 0 Å². The third kappa shape index (κ3) is 2.29. The molecule has 13 heavy (non-hydrogen) atoms. The SMILES string of the molecule is C=C(C)C1CN(S)C(CCC)C1C. The van der Waals surface area contributed by atoms with Crippen molar-refractivity contribution in [2.75, 3.05) is 6.54 Å². The van der Waals surface area contributed by atoms with Crippen LogP contribution in [0.2, 0.25) is 0 Å². The zero-order valence-electron chi connectivity index (χ0n) is 8.95. The van der Waals surface area contributed by atoms with E-state index in [4.69, 9.17) is 0 Å². The Balaban J connectivity index is 2.63. The fraction of sp³-hybridized carbons (Fsp3) is 0.818. The Bertz CT molecular complexity index is 191. The van der Waals surface area contributed by atoms with E-state index in [-0.39, 0.29) is 0 Å². The van der Waals surface area contributed by atoms with Crippen LogP contribution < -0.4 is 0 Å². The van der Waals surface area contributed by atoms with Crippen LogP contribution in [0.1, 0.15) is 33.6 Å². The molecule has 1 aliphatic heterocycles. The summed E-state index contributed by atoms with van der Waals surface area (Å²) in [6.45, 7) is 11.8. The molecule has 1 fully saturated rings. The van der Waals surface area contributed by atoms with Crippen molar-refractivity contribution in [1.82, 2.24) is 4.31 Å². The first-order valence-corrected chi connectivity index (χ1v) is 5.58. The van der Waals surface area contributed by atoms with Crippen molar-refractivity contribution in [2.45, 2.75) is 39.7 Å². The molecule has 0 radical (unpaired) electrons. The van der Waals surface area contributed by atoms with E-state index < -0.39 is 0 Å². The highest BCUT2D eigenvalue weighted by molar-refractivity contribution is 7.77. The van der Waals surface area contributed by atoms with Crippen molar-refractivity contribution >= 4 is 12.8 Å². The first-order valence-electron chi connectivity index (χ1n) is 5.18. The van der Waals surface area contributed by atoms with Gasteiger partial charge in [0.05, 0.1) is 0 Å². The summed E-state index contributed by atoms with van der Waals surface area (Å²) in [5.41, 5.74) is 1.31. The van der Waals surface area contributed by atoms with Crippen LogP contribution in [0.5, 0.6) is 0 Å². The average molecular weight is 199 g/mol. The minimum Gasteiger partial charge on any atom is -0.249 e. The van der Waals surface area contributed by atoms with Gasteiger partial charge in [0.2, 0.25) is 0 Å². The van der Waals surface area contributed by atoms with Gasteiger partial charge in [0.1, 0.15) is 0 Å². The number of rotatable bonds is 3. The molecule has 0 saturated carbocycles. The normalized spacial score (nSPS) is 35.2. The van der Waals surface area contributed by atoms with Crippen LogP contribution in [0.4, 0.5) is 0 Å². The summed E-state index contributed by atoms with van der Waals surface area (Å²) in [6, 6.07) is 0.648. The summed E-state index contributed by atoms with van der Waals surface area (Å²) >= 11 is 4.53. The molecule has 0 aromatic carbocycles. The van der Waals surface area contributed by atoms with Crippen LogP contribution in [0, 0.1) is 11.8 Å². The lowest BCUT2D eigenvalue weighted by atomic mass is 9.86. The van der Waals surface area contributed by atoms with Crippen molar-refractivity contribution < 1.29 is 0 Å². The Morgan fingerprint density at radius 3 is 2.62 bits per heavy atom. The second-order valence-electron chi connectivity index (χ2n) is 4.29. The smallest absolute Gasteiger partial charge is 0.0232 e. The van der Waals surface area contributed by atoms with Crippen molar-refractivity contribution in [2.24, 2.45) is 11.8 Å². The van der Waals surface area contributed by atoms with E-state index >= 15 is 0 Å². The number of hydrogen-bond acceptors (Lipinski definition) is 2. The minimum atomic E-state index is 0.647. The van der Waals surface area contributed by atoms with Gasteiger partial charge in [-0.2, -0.15) is 0 Å². The van der Waals surface area contributed by atoms with Gasteiger partial charge in [0, 0.05) is 12.6 Å². The van der Waals surface area contributed by atoms with Crippen LogP contribution in [0.25, 0.3) is 0 Å². The van der Waals surface area contributed by atoms with Gasteiger partial charge in [-0.3, -0.25) is 0 Å². The van der Waals surface area contributed by atoms with Gasteiger partial charge in [-0.1, -0.05) is 45.2 Å². The molecule has 1 aliphatic rings.